The largest absolute Gasteiger partial charge is 0.609 e. The Morgan fingerprint density at radius 3 is 2.69 bits per heavy atom. The normalized spacial score (nSPS) is 13.5. The summed E-state index contributed by atoms with van der Waals surface area (Å²) in [7, 11) is 2.86. The van der Waals surface area contributed by atoms with Crippen molar-refractivity contribution in [3.8, 4) is 5.75 Å². The summed E-state index contributed by atoms with van der Waals surface area (Å²) in [6.07, 6.45) is 3.66. The maximum atomic E-state index is 13.5. The summed E-state index contributed by atoms with van der Waals surface area (Å²) < 4.78 is 25.9. The van der Waals surface area contributed by atoms with Crippen LogP contribution in [0.2, 0.25) is 5.02 Å². The maximum Gasteiger partial charge on any atom is 0.347 e. The van der Waals surface area contributed by atoms with Gasteiger partial charge in [-0.1, -0.05) is 48.0 Å². The standard InChI is InChI=1S/C27H27ClN6O4S/c1-37-21-9-8-19(14-20(21)28)15-30-24-23(26(35)38-2)25(34-13-12-33-11-10-29-22(33)16-34)32-27(31-24)39(36)17-18-6-4-3-5-7-18/h3-11,14H,12-13,15-17H2,1-2H3,(H,30,31,32). The molecule has 1 atom stereocenters. The minimum absolute atomic E-state index is 0.116. The molecule has 1 N–H and O–H groups in total. The second kappa shape index (κ2) is 11.9. The van der Waals surface area contributed by atoms with E-state index in [1.54, 1.807) is 25.4 Å². The van der Waals surface area contributed by atoms with Gasteiger partial charge in [0.2, 0.25) is 0 Å². The van der Waals surface area contributed by atoms with Gasteiger partial charge in [0.1, 0.15) is 22.9 Å². The molecule has 0 fully saturated rings. The highest BCUT2D eigenvalue weighted by atomic mass is 35.5. The van der Waals surface area contributed by atoms with E-state index in [1.165, 1.54) is 7.11 Å². The molecule has 12 heteroatoms. The Balaban J connectivity index is 1.54. The zero-order valence-corrected chi connectivity index (χ0v) is 23.0. The van der Waals surface area contributed by atoms with Crippen molar-refractivity contribution >= 4 is 40.4 Å². The Labute approximate surface area is 234 Å². The summed E-state index contributed by atoms with van der Waals surface area (Å²) in [6.45, 7) is 1.95. The average molecular weight is 567 g/mol. The topological polar surface area (TPSA) is 117 Å². The number of rotatable bonds is 9. The number of ether oxygens (including phenoxy) is 2. The summed E-state index contributed by atoms with van der Waals surface area (Å²) in [5, 5.41) is 3.81. The second-order valence-electron chi connectivity index (χ2n) is 8.80. The van der Waals surface area contributed by atoms with Gasteiger partial charge in [0, 0.05) is 48.8 Å². The fraction of sp³-hybridized carbons (Fsp3) is 0.259. The number of carbonyl (C=O) groups is 1. The molecule has 0 saturated heterocycles. The van der Waals surface area contributed by atoms with Gasteiger partial charge in [-0.05, 0) is 17.7 Å². The molecule has 5 rings (SSSR count). The molecule has 39 heavy (non-hydrogen) atoms. The number of hydrogen-bond donors (Lipinski definition) is 1. The first-order valence-corrected chi connectivity index (χ1v) is 13.9. The number of hydrogen-bond acceptors (Lipinski definition) is 9. The molecule has 2 aromatic heterocycles. The number of nitrogens with zero attached hydrogens (tertiary/aromatic N) is 5. The molecular weight excluding hydrogens is 540 g/mol. The molecule has 0 radical (unpaired) electrons. The smallest absolute Gasteiger partial charge is 0.347 e. The molecule has 1 aliphatic heterocycles. The third-order valence-electron chi connectivity index (χ3n) is 6.32. The van der Waals surface area contributed by atoms with E-state index in [4.69, 9.17) is 21.1 Å². The van der Waals surface area contributed by atoms with Crippen molar-refractivity contribution in [1.82, 2.24) is 19.5 Å². The number of halogens is 1. The number of benzene rings is 2. The van der Waals surface area contributed by atoms with Gasteiger partial charge in [-0.15, -0.1) is 0 Å². The van der Waals surface area contributed by atoms with Crippen LogP contribution in [-0.4, -0.2) is 50.8 Å². The Bertz CT molecular complexity index is 1470. The highest BCUT2D eigenvalue weighted by Crippen LogP contribution is 2.31. The molecule has 10 nitrogen and oxygen atoms in total. The van der Waals surface area contributed by atoms with Crippen molar-refractivity contribution in [3.63, 3.8) is 0 Å². The van der Waals surface area contributed by atoms with Gasteiger partial charge in [-0.2, -0.15) is 9.97 Å². The highest BCUT2D eigenvalue weighted by molar-refractivity contribution is 7.90. The first-order valence-electron chi connectivity index (χ1n) is 12.2. The Morgan fingerprint density at radius 1 is 1.13 bits per heavy atom. The van der Waals surface area contributed by atoms with Gasteiger partial charge in [0.05, 0.1) is 25.8 Å². The maximum absolute atomic E-state index is 13.5. The van der Waals surface area contributed by atoms with Crippen LogP contribution in [0.4, 0.5) is 11.6 Å². The molecule has 0 amide bonds. The van der Waals surface area contributed by atoms with E-state index >= 15 is 0 Å². The van der Waals surface area contributed by atoms with E-state index in [-0.39, 0.29) is 22.3 Å². The molecule has 4 aromatic rings. The zero-order valence-electron chi connectivity index (χ0n) is 21.5. The number of imidazole rings is 1. The van der Waals surface area contributed by atoms with E-state index < -0.39 is 17.1 Å². The molecule has 1 unspecified atom stereocenters. The van der Waals surface area contributed by atoms with Crippen molar-refractivity contribution in [2.45, 2.75) is 30.5 Å². The molecule has 0 bridgehead atoms. The number of aromatic nitrogens is 4. The minimum atomic E-state index is -1.58. The van der Waals surface area contributed by atoms with Crippen LogP contribution in [0.1, 0.15) is 27.3 Å². The predicted molar refractivity (Wildman–Crippen MR) is 149 cm³/mol. The first kappa shape index (κ1) is 26.8. The number of anilines is 2. The summed E-state index contributed by atoms with van der Waals surface area (Å²) in [4.78, 5) is 28.7. The number of methoxy groups -OCH3 is 2. The van der Waals surface area contributed by atoms with Crippen LogP contribution in [0.5, 0.6) is 5.75 Å². The van der Waals surface area contributed by atoms with Gasteiger partial charge in [0.25, 0.3) is 0 Å². The molecule has 1 aliphatic rings. The summed E-state index contributed by atoms with van der Waals surface area (Å²) >= 11 is 4.73. The fourth-order valence-electron chi connectivity index (χ4n) is 4.33. The van der Waals surface area contributed by atoms with Crippen molar-refractivity contribution < 1.29 is 18.8 Å². The third-order valence-corrected chi connectivity index (χ3v) is 7.80. The van der Waals surface area contributed by atoms with Crippen LogP contribution in [0.15, 0.2) is 66.1 Å². The van der Waals surface area contributed by atoms with E-state index in [1.807, 2.05) is 47.5 Å². The minimum Gasteiger partial charge on any atom is -0.609 e. The fourth-order valence-corrected chi connectivity index (χ4v) is 5.61. The van der Waals surface area contributed by atoms with Gasteiger partial charge >= 0.3 is 11.1 Å². The molecule has 0 saturated carbocycles. The van der Waals surface area contributed by atoms with Gasteiger partial charge < -0.3 is 28.8 Å². The number of nitrogens with one attached hydrogen (secondary N) is 1. The van der Waals surface area contributed by atoms with Crippen molar-refractivity contribution in [2.75, 3.05) is 31.0 Å². The monoisotopic (exact) mass is 566 g/mol. The lowest BCUT2D eigenvalue weighted by molar-refractivity contribution is 0.0601. The lowest BCUT2D eigenvalue weighted by Gasteiger charge is -2.30. The molecular formula is C27H27ClN6O4S. The predicted octanol–water partition coefficient (Wildman–Crippen LogP) is 4.06. The van der Waals surface area contributed by atoms with Crippen LogP contribution in [0.25, 0.3) is 0 Å². The van der Waals surface area contributed by atoms with Crippen LogP contribution < -0.4 is 15.0 Å². The Hall–Kier alpha value is -3.80. The van der Waals surface area contributed by atoms with Crippen LogP contribution in [-0.2, 0) is 41.3 Å². The van der Waals surface area contributed by atoms with E-state index in [2.05, 4.69) is 24.8 Å². The van der Waals surface area contributed by atoms with Crippen molar-refractivity contribution in [2.24, 2.45) is 0 Å². The molecule has 2 aromatic carbocycles. The summed E-state index contributed by atoms with van der Waals surface area (Å²) in [5.74, 6) is 1.60. The average Bonchev–Trinajstić information content (AvgIpc) is 3.44. The lowest BCUT2D eigenvalue weighted by atomic mass is 10.2. The van der Waals surface area contributed by atoms with E-state index in [9.17, 15) is 9.35 Å². The van der Waals surface area contributed by atoms with Crippen molar-refractivity contribution in [3.05, 3.63) is 88.5 Å². The quantitative estimate of drug-likeness (QED) is 0.182. The molecule has 0 spiro atoms. The Morgan fingerprint density at radius 2 is 1.95 bits per heavy atom. The van der Waals surface area contributed by atoms with Crippen molar-refractivity contribution in [1.29, 1.82) is 0 Å². The highest BCUT2D eigenvalue weighted by Gasteiger charge is 2.31. The first-order chi connectivity index (χ1) is 19.0. The van der Waals surface area contributed by atoms with Gasteiger partial charge in [-0.3, -0.25) is 0 Å². The molecule has 202 valence electrons. The lowest BCUT2D eigenvalue weighted by Crippen LogP contribution is -2.36. The number of esters is 1. The summed E-state index contributed by atoms with van der Waals surface area (Å²) in [6, 6.07) is 14.9. The third kappa shape index (κ3) is 5.95. The summed E-state index contributed by atoms with van der Waals surface area (Å²) in [5.41, 5.74) is 1.89. The molecule has 0 aliphatic carbocycles. The van der Waals surface area contributed by atoms with E-state index in [0.29, 0.717) is 42.8 Å². The number of fused-ring (bicyclic) bond motifs is 1. The van der Waals surface area contributed by atoms with E-state index in [0.717, 1.165) is 17.0 Å². The van der Waals surface area contributed by atoms with Crippen LogP contribution >= 0.6 is 11.6 Å². The van der Waals surface area contributed by atoms with Crippen LogP contribution in [0, 0.1) is 0 Å². The number of carbonyl (C=O) groups excluding carboxylic acids is 1. The zero-order chi connectivity index (χ0) is 27.4. The van der Waals surface area contributed by atoms with Gasteiger partial charge in [0.15, 0.2) is 11.6 Å². The second-order valence-corrected chi connectivity index (χ2v) is 10.6. The van der Waals surface area contributed by atoms with Crippen LogP contribution in [0.3, 0.4) is 0 Å². The van der Waals surface area contributed by atoms with Gasteiger partial charge in [-0.25, -0.2) is 9.78 Å². The molecule has 3 heterocycles. The SMILES string of the molecule is COC(=O)c1c(NCc2ccc(OC)c(Cl)c2)nc([S+]([O-])Cc2ccccc2)nc1N1CCn2ccnc2C1. The Kier molecular flexibility index (Phi) is 8.20.